The molecule has 1 unspecified atom stereocenters. The monoisotopic (exact) mass is 266 g/mol. The van der Waals surface area contributed by atoms with E-state index in [0.717, 1.165) is 5.56 Å². The zero-order chi connectivity index (χ0) is 14.3. The number of halogens is 1. The molecule has 1 rings (SSSR count). The summed E-state index contributed by atoms with van der Waals surface area (Å²) in [5, 5.41) is 2.57. The molecule has 1 aromatic rings. The van der Waals surface area contributed by atoms with Gasteiger partial charge < -0.3 is 15.8 Å². The van der Waals surface area contributed by atoms with Crippen LogP contribution in [0.25, 0.3) is 0 Å². The first-order chi connectivity index (χ1) is 9.01. The number of carbonyl (C=O) groups excluding carboxylic acids is 1. The van der Waals surface area contributed by atoms with E-state index in [4.69, 9.17) is 10.5 Å². The normalized spacial score (nSPS) is 11.7. The summed E-state index contributed by atoms with van der Waals surface area (Å²) in [7, 11) is 0. The maximum absolute atomic E-state index is 13.4. The lowest BCUT2D eigenvalue weighted by Crippen LogP contribution is -2.28. The summed E-state index contributed by atoms with van der Waals surface area (Å²) in [5.41, 5.74) is 6.41. The van der Waals surface area contributed by atoms with Crippen molar-refractivity contribution in [1.29, 1.82) is 0 Å². The van der Waals surface area contributed by atoms with E-state index in [1.165, 1.54) is 12.1 Å². The van der Waals surface area contributed by atoms with E-state index in [2.05, 4.69) is 11.9 Å². The van der Waals surface area contributed by atoms with Crippen LogP contribution >= 0.6 is 0 Å². The van der Waals surface area contributed by atoms with Crippen LogP contribution in [0.3, 0.4) is 0 Å². The van der Waals surface area contributed by atoms with Crippen LogP contribution in [0, 0.1) is 5.82 Å². The molecule has 0 fully saturated rings. The van der Waals surface area contributed by atoms with Crippen LogP contribution in [0.5, 0.6) is 5.75 Å². The Morgan fingerprint density at radius 1 is 1.58 bits per heavy atom. The quantitative estimate of drug-likeness (QED) is 0.733. The molecule has 3 N–H and O–H groups in total. The average molecular weight is 266 g/mol. The molecule has 1 amide bonds. The van der Waals surface area contributed by atoms with Gasteiger partial charge in [0.25, 0.3) is 5.91 Å². The second-order valence-corrected chi connectivity index (χ2v) is 4.36. The fourth-order valence-corrected chi connectivity index (χ4v) is 1.58. The van der Waals surface area contributed by atoms with Gasteiger partial charge in [0, 0.05) is 18.7 Å². The lowest BCUT2D eigenvalue weighted by atomic mass is 10.1. The predicted molar refractivity (Wildman–Crippen MR) is 72.5 cm³/mol. The molecule has 19 heavy (non-hydrogen) atoms. The third-order valence-corrected chi connectivity index (χ3v) is 2.30. The van der Waals surface area contributed by atoms with Crippen LogP contribution in [0.1, 0.15) is 12.5 Å². The highest BCUT2D eigenvalue weighted by Crippen LogP contribution is 2.17. The van der Waals surface area contributed by atoms with Gasteiger partial charge in [-0.25, -0.2) is 4.39 Å². The van der Waals surface area contributed by atoms with Crippen molar-refractivity contribution in [3.63, 3.8) is 0 Å². The maximum Gasteiger partial charge on any atom is 0.258 e. The minimum atomic E-state index is -0.403. The van der Waals surface area contributed by atoms with Crippen molar-refractivity contribution in [1.82, 2.24) is 5.32 Å². The second kappa shape index (κ2) is 7.53. The Morgan fingerprint density at radius 3 is 2.95 bits per heavy atom. The van der Waals surface area contributed by atoms with E-state index in [1.807, 2.05) is 6.92 Å². The Kier molecular flexibility index (Phi) is 6.02. The van der Waals surface area contributed by atoms with Gasteiger partial charge in [-0.2, -0.15) is 0 Å². The summed E-state index contributed by atoms with van der Waals surface area (Å²) in [6, 6.07) is 4.28. The fraction of sp³-hybridized carbons (Fsp3) is 0.357. The fourth-order valence-electron chi connectivity index (χ4n) is 1.58. The minimum absolute atomic E-state index is 0.0643. The first-order valence-corrected chi connectivity index (χ1v) is 6.06. The molecule has 0 radical (unpaired) electrons. The maximum atomic E-state index is 13.4. The van der Waals surface area contributed by atoms with E-state index in [1.54, 1.807) is 12.1 Å². The molecule has 5 heteroatoms. The smallest absolute Gasteiger partial charge is 0.258 e. The number of nitrogens with two attached hydrogens (primary N) is 1. The summed E-state index contributed by atoms with van der Waals surface area (Å²) in [6.45, 7) is 5.54. The molecule has 0 aliphatic carbocycles. The Labute approximate surface area is 112 Å². The zero-order valence-electron chi connectivity index (χ0n) is 11.0. The summed E-state index contributed by atoms with van der Waals surface area (Å²) in [5.74, 6) is -0.359. The highest BCUT2D eigenvalue weighted by molar-refractivity contribution is 5.77. The van der Waals surface area contributed by atoms with E-state index in [9.17, 15) is 9.18 Å². The van der Waals surface area contributed by atoms with E-state index in [-0.39, 0.29) is 18.6 Å². The molecule has 1 atom stereocenters. The zero-order valence-corrected chi connectivity index (χ0v) is 11.0. The first kappa shape index (κ1) is 15.2. The van der Waals surface area contributed by atoms with Crippen LogP contribution in [-0.2, 0) is 11.2 Å². The second-order valence-electron chi connectivity index (χ2n) is 4.36. The SMILES string of the molecule is C=CCNC(=O)COc1cc(F)cc(CC(C)N)c1. The number of rotatable bonds is 7. The lowest BCUT2D eigenvalue weighted by molar-refractivity contribution is -0.122. The molecule has 0 aromatic heterocycles. The molecule has 1 aromatic carbocycles. The highest BCUT2D eigenvalue weighted by atomic mass is 19.1. The molecule has 0 heterocycles. The Balaban J connectivity index is 2.60. The van der Waals surface area contributed by atoms with E-state index in [0.29, 0.717) is 18.7 Å². The minimum Gasteiger partial charge on any atom is -0.484 e. The van der Waals surface area contributed by atoms with Crippen molar-refractivity contribution in [2.45, 2.75) is 19.4 Å². The van der Waals surface area contributed by atoms with E-state index >= 15 is 0 Å². The van der Waals surface area contributed by atoms with Gasteiger partial charge in [-0.1, -0.05) is 6.08 Å². The van der Waals surface area contributed by atoms with Crippen LogP contribution in [0.4, 0.5) is 4.39 Å². The van der Waals surface area contributed by atoms with Crippen LogP contribution in [0.2, 0.25) is 0 Å². The van der Waals surface area contributed by atoms with Crippen molar-refractivity contribution >= 4 is 5.91 Å². The molecule has 104 valence electrons. The highest BCUT2D eigenvalue weighted by Gasteiger charge is 2.06. The Hall–Kier alpha value is -1.88. The summed E-state index contributed by atoms with van der Waals surface area (Å²) < 4.78 is 18.6. The lowest BCUT2D eigenvalue weighted by Gasteiger charge is -2.10. The number of carbonyl (C=O) groups is 1. The van der Waals surface area contributed by atoms with Gasteiger partial charge in [0.1, 0.15) is 11.6 Å². The van der Waals surface area contributed by atoms with Crippen molar-refractivity contribution in [2.75, 3.05) is 13.2 Å². The van der Waals surface area contributed by atoms with Gasteiger partial charge in [0.15, 0.2) is 6.61 Å². The largest absolute Gasteiger partial charge is 0.484 e. The van der Waals surface area contributed by atoms with Crippen molar-refractivity contribution in [2.24, 2.45) is 5.73 Å². The number of ether oxygens (including phenoxy) is 1. The molecule has 0 saturated carbocycles. The molecule has 0 bridgehead atoms. The summed E-state index contributed by atoms with van der Waals surface area (Å²) in [4.78, 5) is 11.3. The third-order valence-electron chi connectivity index (χ3n) is 2.30. The number of nitrogens with one attached hydrogen (secondary N) is 1. The Bertz CT molecular complexity index is 447. The van der Waals surface area contributed by atoms with Gasteiger partial charge >= 0.3 is 0 Å². The number of amides is 1. The van der Waals surface area contributed by atoms with Crippen molar-refractivity contribution in [3.05, 3.63) is 42.2 Å². The van der Waals surface area contributed by atoms with Crippen LogP contribution in [0.15, 0.2) is 30.9 Å². The molecule has 0 saturated heterocycles. The summed E-state index contributed by atoms with van der Waals surface area (Å²) >= 11 is 0. The molecule has 0 aliphatic heterocycles. The van der Waals surface area contributed by atoms with Crippen molar-refractivity contribution < 1.29 is 13.9 Å². The first-order valence-electron chi connectivity index (χ1n) is 6.06. The topological polar surface area (TPSA) is 64.3 Å². The van der Waals surface area contributed by atoms with Gasteiger partial charge in [-0.05, 0) is 31.0 Å². The molecular formula is C14H19FN2O2. The van der Waals surface area contributed by atoms with Crippen LogP contribution in [-0.4, -0.2) is 25.1 Å². The van der Waals surface area contributed by atoms with E-state index < -0.39 is 5.82 Å². The van der Waals surface area contributed by atoms with Gasteiger partial charge in [0.2, 0.25) is 0 Å². The molecular weight excluding hydrogens is 247 g/mol. The number of benzene rings is 1. The molecule has 0 aliphatic rings. The summed E-state index contributed by atoms with van der Waals surface area (Å²) in [6.07, 6.45) is 2.12. The molecule has 0 spiro atoms. The Morgan fingerprint density at radius 2 is 2.32 bits per heavy atom. The predicted octanol–water partition coefficient (Wildman–Crippen LogP) is 1.40. The van der Waals surface area contributed by atoms with Gasteiger partial charge in [0.05, 0.1) is 0 Å². The van der Waals surface area contributed by atoms with Crippen LogP contribution < -0.4 is 15.8 Å². The molecule has 4 nitrogen and oxygen atoms in total. The standard InChI is InChI=1S/C14H19FN2O2/c1-3-4-17-14(18)9-19-13-7-11(5-10(2)16)6-12(15)8-13/h3,6-8,10H,1,4-5,9,16H2,2H3,(H,17,18). The average Bonchev–Trinajstić information content (AvgIpc) is 2.32. The third kappa shape index (κ3) is 6.01. The number of hydrogen-bond donors (Lipinski definition) is 2. The van der Waals surface area contributed by atoms with Gasteiger partial charge in [-0.15, -0.1) is 6.58 Å². The van der Waals surface area contributed by atoms with Crippen molar-refractivity contribution in [3.8, 4) is 5.75 Å². The number of hydrogen-bond acceptors (Lipinski definition) is 3. The van der Waals surface area contributed by atoms with Gasteiger partial charge in [-0.3, -0.25) is 4.79 Å².